The molecular weight excluding hydrogens is 276 g/mol. The number of nitrogens with one attached hydrogen (secondary N) is 3. The average Bonchev–Trinajstić information content (AvgIpc) is 2.88. The number of nitrogens with zero attached hydrogens (tertiary/aromatic N) is 1. The van der Waals surface area contributed by atoms with Crippen LogP contribution >= 0.6 is 11.6 Å². The van der Waals surface area contributed by atoms with Crippen molar-refractivity contribution in [1.82, 2.24) is 15.3 Å². The van der Waals surface area contributed by atoms with Gasteiger partial charge in [-0.05, 0) is 18.2 Å². The van der Waals surface area contributed by atoms with Crippen molar-refractivity contribution in [2.24, 2.45) is 0 Å². The van der Waals surface area contributed by atoms with Crippen molar-refractivity contribution >= 4 is 23.2 Å². The smallest absolute Gasteiger partial charge is 0.217 e. The number of aromatic nitrogens is 2. The molecule has 1 aromatic carbocycles. The van der Waals surface area contributed by atoms with Crippen LogP contribution in [0.5, 0.6) is 0 Å². The van der Waals surface area contributed by atoms with Crippen molar-refractivity contribution in [3.05, 3.63) is 47.5 Å². The number of amides is 1. The van der Waals surface area contributed by atoms with Crippen LogP contribution in [-0.4, -0.2) is 28.5 Å². The van der Waals surface area contributed by atoms with Crippen LogP contribution in [0.15, 0.2) is 36.7 Å². The molecule has 106 valence electrons. The van der Waals surface area contributed by atoms with E-state index in [1.807, 2.05) is 24.3 Å². The van der Waals surface area contributed by atoms with E-state index in [9.17, 15) is 4.79 Å². The van der Waals surface area contributed by atoms with Gasteiger partial charge in [-0.15, -0.1) is 0 Å². The van der Waals surface area contributed by atoms with Crippen LogP contribution < -0.4 is 10.6 Å². The standard InChI is InChI=1S/C14H17ClN4O/c1-10(20)19-13(8-14-16-5-6-17-14)9-18-12-4-2-3-11(15)7-12/h2-7,13,18H,8-9H2,1H3,(H,16,17)(H,19,20). The van der Waals surface area contributed by atoms with Crippen molar-refractivity contribution in [3.63, 3.8) is 0 Å². The molecular formula is C14H17ClN4O. The first-order chi connectivity index (χ1) is 9.63. The normalized spacial score (nSPS) is 11.9. The second-order valence-electron chi connectivity index (χ2n) is 4.53. The van der Waals surface area contributed by atoms with Crippen molar-refractivity contribution in [2.75, 3.05) is 11.9 Å². The fourth-order valence-corrected chi connectivity index (χ4v) is 2.13. The van der Waals surface area contributed by atoms with E-state index in [2.05, 4.69) is 20.6 Å². The number of carbonyl (C=O) groups is 1. The van der Waals surface area contributed by atoms with Gasteiger partial charge in [0.25, 0.3) is 0 Å². The summed E-state index contributed by atoms with van der Waals surface area (Å²) in [6.45, 7) is 2.11. The minimum absolute atomic E-state index is 0.0439. The average molecular weight is 293 g/mol. The van der Waals surface area contributed by atoms with Crippen LogP contribution in [0, 0.1) is 0 Å². The van der Waals surface area contributed by atoms with Crippen molar-refractivity contribution in [3.8, 4) is 0 Å². The quantitative estimate of drug-likeness (QED) is 0.764. The number of carbonyl (C=O) groups excluding carboxylic acids is 1. The maximum Gasteiger partial charge on any atom is 0.217 e. The lowest BCUT2D eigenvalue weighted by Crippen LogP contribution is -2.40. The zero-order valence-electron chi connectivity index (χ0n) is 11.2. The van der Waals surface area contributed by atoms with Crippen LogP contribution in [0.25, 0.3) is 0 Å². The Morgan fingerprint density at radius 1 is 1.50 bits per heavy atom. The summed E-state index contributed by atoms with van der Waals surface area (Å²) in [5.41, 5.74) is 0.923. The van der Waals surface area contributed by atoms with Gasteiger partial charge in [0.2, 0.25) is 5.91 Å². The minimum Gasteiger partial charge on any atom is -0.383 e. The Kier molecular flexibility index (Phi) is 5.01. The third-order valence-electron chi connectivity index (χ3n) is 2.78. The molecule has 0 radical (unpaired) electrons. The summed E-state index contributed by atoms with van der Waals surface area (Å²) in [7, 11) is 0. The van der Waals surface area contributed by atoms with Gasteiger partial charge in [-0.25, -0.2) is 4.98 Å². The van der Waals surface area contributed by atoms with E-state index in [1.165, 1.54) is 6.92 Å². The van der Waals surface area contributed by atoms with Gasteiger partial charge >= 0.3 is 0 Å². The molecule has 0 saturated carbocycles. The van der Waals surface area contributed by atoms with Crippen molar-refractivity contribution in [2.45, 2.75) is 19.4 Å². The second kappa shape index (κ2) is 6.96. The van der Waals surface area contributed by atoms with E-state index in [0.717, 1.165) is 11.5 Å². The van der Waals surface area contributed by atoms with Gasteiger partial charge in [0.05, 0.1) is 6.04 Å². The Hall–Kier alpha value is -2.01. The number of aromatic amines is 1. The molecule has 0 aliphatic rings. The van der Waals surface area contributed by atoms with Gasteiger partial charge in [0.15, 0.2) is 0 Å². The molecule has 0 fully saturated rings. The molecule has 20 heavy (non-hydrogen) atoms. The monoisotopic (exact) mass is 292 g/mol. The highest BCUT2D eigenvalue weighted by atomic mass is 35.5. The Morgan fingerprint density at radius 3 is 3.00 bits per heavy atom. The van der Waals surface area contributed by atoms with E-state index in [1.54, 1.807) is 12.4 Å². The lowest BCUT2D eigenvalue weighted by atomic mass is 10.2. The molecule has 1 amide bonds. The summed E-state index contributed by atoms with van der Waals surface area (Å²) in [5, 5.41) is 6.85. The number of halogens is 1. The molecule has 0 saturated heterocycles. The van der Waals surface area contributed by atoms with Gasteiger partial charge in [-0.2, -0.15) is 0 Å². The number of rotatable bonds is 6. The second-order valence-corrected chi connectivity index (χ2v) is 4.97. The molecule has 2 aromatic rings. The summed E-state index contributed by atoms with van der Waals surface area (Å²) < 4.78 is 0. The Balaban J connectivity index is 1.95. The van der Waals surface area contributed by atoms with E-state index in [4.69, 9.17) is 11.6 Å². The van der Waals surface area contributed by atoms with Crippen molar-refractivity contribution in [1.29, 1.82) is 0 Å². The largest absolute Gasteiger partial charge is 0.383 e. The Bertz CT molecular complexity index is 556. The molecule has 0 aliphatic carbocycles. The highest BCUT2D eigenvalue weighted by molar-refractivity contribution is 6.30. The van der Waals surface area contributed by atoms with Crippen LogP contribution in [0.2, 0.25) is 5.02 Å². The Morgan fingerprint density at radius 2 is 2.35 bits per heavy atom. The van der Waals surface area contributed by atoms with Crippen LogP contribution in [0.1, 0.15) is 12.7 Å². The summed E-state index contributed by atoms with van der Waals surface area (Å²) in [5.74, 6) is 0.783. The van der Waals surface area contributed by atoms with E-state index >= 15 is 0 Å². The van der Waals surface area contributed by atoms with Gasteiger partial charge in [-0.3, -0.25) is 4.79 Å². The first-order valence-electron chi connectivity index (χ1n) is 6.38. The van der Waals surface area contributed by atoms with E-state index < -0.39 is 0 Å². The SMILES string of the molecule is CC(=O)NC(CNc1cccc(Cl)c1)Cc1ncc[nH]1. The summed E-state index contributed by atoms with van der Waals surface area (Å²) in [4.78, 5) is 18.5. The molecule has 0 aliphatic heterocycles. The summed E-state index contributed by atoms with van der Waals surface area (Å²) >= 11 is 5.93. The summed E-state index contributed by atoms with van der Waals surface area (Å²) in [6, 6.07) is 7.44. The topological polar surface area (TPSA) is 69.8 Å². The predicted molar refractivity (Wildman–Crippen MR) is 79.8 cm³/mol. The molecule has 5 nitrogen and oxygen atoms in total. The number of H-pyrrole nitrogens is 1. The maximum absolute atomic E-state index is 11.3. The lowest BCUT2D eigenvalue weighted by Gasteiger charge is -2.18. The molecule has 3 N–H and O–H groups in total. The van der Waals surface area contributed by atoms with Crippen LogP contribution in [0.4, 0.5) is 5.69 Å². The molecule has 6 heteroatoms. The highest BCUT2D eigenvalue weighted by Crippen LogP contribution is 2.14. The maximum atomic E-state index is 11.3. The molecule has 1 heterocycles. The first kappa shape index (κ1) is 14.4. The van der Waals surface area contributed by atoms with Gasteiger partial charge in [-0.1, -0.05) is 17.7 Å². The highest BCUT2D eigenvalue weighted by Gasteiger charge is 2.12. The molecule has 1 atom stereocenters. The number of anilines is 1. The van der Waals surface area contributed by atoms with Gasteiger partial charge in [0, 0.05) is 43.0 Å². The number of benzene rings is 1. The molecule has 0 spiro atoms. The number of imidazole rings is 1. The Labute approximate surface area is 122 Å². The molecule has 1 aromatic heterocycles. The van der Waals surface area contributed by atoms with Crippen molar-refractivity contribution < 1.29 is 4.79 Å². The number of hydrogen-bond donors (Lipinski definition) is 3. The molecule has 0 bridgehead atoms. The third-order valence-corrected chi connectivity index (χ3v) is 3.01. The molecule has 1 unspecified atom stereocenters. The van der Waals surface area contributed by atoms with Gasteiger partial charge in [0.1, 0.15) is 5.82 Å². The van der Waals surface area contributed by atoms with Gasteiger partial charge < -0.3 is 15.6 Å². The van der Waals surface area contributed by atoms with E-state index in [0.29, 0.717) is 18.0 Å². The van der Waals surface area contributed by atoms with Crippen LogP contribution in [-0.2, 0) is 11.2 Å². The fraction of sp³-hybridized carbons (Fsp3) is 0.286. The zero-order valence-corrected chi connectivity index (χ0v) is 11.9. The lowest BCUT2D eigenvalue weighted by molar-refractivity contribution is -0.119. The molecule has 2 rings (SSSR count). The summed E-state index contributed by atoms with van der Waals surface area (Å²) in [6.07, 6.45) is 4.11. The van der Waals surface area contributed by atoms with Crippen LogP contribution in [0.3, 0.4) is 0 Å². The first-order valence-corrected chi connectivity index (χ1v) is 6.76. The minimum atomic E-state index is -0.0607. The third kappa shape index (κ3) is 4.59. The van der Waals surface area contributed by atoms with E-state index in [-0.39, 0.29) is 11.9 Å². The number of hydrogen-bond acceptors (Lipinski definition) is 3. The predicted octanol–water partition coefficient (Wildman–Crippen LogP) is 2.22. The fourth-order valence-electron chi connectivity index (χ4n) is 1.94. The zero-order chi connectivity index (χ0) is 14.4.